The van der Waals surface area contributed by atoms with E-state index in [-0.39, 0.29) is 11.6 Å². The van der Waals surface area contributed by atoms with Gasteiger partial charge in [0.15, 0.2) is 8.32 Å². The number of aliphatic hydroxyl groups excluding tert-OH is 2. The third-order valence-corrected chi connectivity index (χ3v) is 12.7. The highest BCUT2D eigenvalue weighted by molar-refractivity contribution is 6.74. The predicted molar refractivity (Wildman–Crippen MR) is 112 cm³/mol. The molecule has 2 aliphatic carbocycles. The van der Waals surface area contributed by atoms with E-state index in [0.717, 1.165) is 18.8 Å². The largest absolute Gasteiger partial charge is 0.414 e. The van der Waals surface area contributed by atoms with Gasteiger partial charge in [0.1, 0.15) is 0 Å². The van der Waals surface area contributed by atoms with Crippen LogP contribution in [-0.4, -0.2) is 37.3 Å². The fourth-order valence-corrected chi connectivity index (χ4v) is 6.93. The summed E-state index contributed by atoms with van der Waals surface area (Å²) in [6.07, 6.45) is 8.07. The van der Waals surface area contributed by atoms with Crippen LogP contribution in [0.25, 0.3) is 0 Å². The van der Waals surface area contributed by atoms with E-state index >= 15 is 0 Å². The van der Waals surface area contributed by atoms with Crippen molar-refractivity contribution in [3.8, 4) is 0 Å². The Bertz CT molecular complexity index is 459. The average molecular weight is 385 g/mol. The van der Waals surface area contributed by atoms with Gasteiger partial charge in [-0.25, -0.2) is 0 Å². The average Bonchev–Trinajstić information content (AvgIpc) is 2.89. The van der Waals surface area contributed by atoms with E-state index in [1.54, 1.807) is 0 Å². The van der Waals surface area contributed by atoms with Crippen molar-refractivity contribution in [3.63, 3.8) is 0 Å². The molecule has 0 spiro atoms. The molecule has 0 bridgehead atoms. The molecule has 0 heterocycles. The Hall–Kier alpha value is 0.0969. The maximum Gasteiger partial charge on any atom is 0.192 e. The summed E-state index contributed by atoms with van der Waals surface area (Å²) < 4.78 is 6.93. The van der Waals surface area contributed by atoms with Crippen LogP contribution >= 0.6 is 0 Å². The van der Waals surface area contributed by atoms with E-state index in [0.29, 0.717) is 23.4 Å². The Kier molecular flexibility index (Phi) is 7.08. The molecule has 0 aliphatic heterocycles. The first-order valence-corrected chi connectivity index (χ1v) is 13.8. The van der Waals surface area contributed by atoms with Crippen LogP contribution in [0.5, 0.6) is 0 Å². The normalized spacial score (nSPS) is 35.2. The first kappa shape index (κ1) is 22.4. The summed E-state index contributed by atoms with van der Waals surface area (Å²) in [5.41, 5.74) is 0.384. The molecule has 4 heteroatoms. The molecule has 2 fully saturated rings. The monoisotopic (exact) mass is 384 g/mol. The minimum atomic E-state index is -1.73. The van der Waals surface area contributed by atoms with Crippen LogP contribution in [0.1, 0.15) is 79.6 Å². The number of rotatable bonds is 7. The first-order valence-electron chi connectivity index (χ1n) is 10.9. The van der Waals surface area contributed by atoms with E-state index < -0.39 is 14.4 Å². The van der Waals surface area contributed by atoms with Crippen molar-refractivity contribution in [2.75, 3.05) is 6.61 Å². The zero-order valence-electron chi connectivity index (χ0n) is 18.3. The van der Waals surface area contributed by atoms with Crippen LogP contribution < -0.4 is 0 Å². The first-order chi connectivity index (χ1) is 11.9. The standard InChI is InChI=1S/C22H44O3Si/c1-16(10-11-17(24)15-23)18-12-13-19-20(9-8-14-22(18,19)5)25-26(6,7)21(2,3)4/h16-20,23-24H,8-15H2,1-7H3/t16?,17?,18-,19+,20+,22-/m1/s1. The molecule has 6 atom stereocenters. The lowest BCUT2D eigenvalue weighted by molar-refractivity contribution is -0.0229. The molecule has 154 valence electrons. The summed E-state index contributed by atoms with van der Waals surface area (Å²) in [6.45, 7) is 16.6. The van der Waals surface area contributed by atoms with E-state index in [2.05, 4.69) is 47.7 Å². The van der Waals surface area contributed by atoms with Crippen molar-refractivity contribution in [2.24, 2.45) is 23.2 Å². The van der Waals surface area contributed by atoms with Crippen LogP contribution in [0.3, 0.4) is 0 Å². The SMILES string of the molecule is CC(CCC(O)CO)[C@H]1CC[C@H]2[C@@H](O[Si](C)(C)C(C)(C)C)CCC[C@]12C. The minimum Gasteiger partial charge on any atom is -0.414 e. The smallest absolute Gasteiger partial charge is 0.192 e. The number of fused-ring (bicyclic) bond motifs is 1. The molecule has 0 saturated heterocycles. The Morgan fingerprint density at radius 2 is 1.81 bits per heavy atom. The third-order valence-electron chi connectivity index (χ3n) is 8.24. The highest BCUT2D eigenvalue weighted by Gasteiger charge is 2.54. The van der Waals surface area contributed by atoms with Gasteiger partial charge in [0, 0.05) is 6.10 Å². The summed E-state index contributed by atoms with van der Waals surface area (Å²) in [5.74, 6) is 2.03. The van der Waals surface area contributed by atoms with Crippen molar-refractivity contribution in [1.29, 1.82) is 0 Å². The summed E-state index contributed by atoms with van der Waals surface area (Å²) >= 11 is 0. The molecule has 2 saturated carbocycles. The topological polar surface area (TPSA) is 49.7 Å². The highest BCUT2D eigenvalue weighted by atomic mass is 28.4. The molecule has 2 N–H and O–H groups in total. The number of hydrogen-bond acceptors (Lipinski definition) is 3. The molecular formula is C22H44O3Si. The maximum absolute atomic E-state index is 9.73. The molecule has 0 aromatic carbocycles. The Balaban J connectivity index is 2.07. The van der Waals surface area contributed by atoms with Gasteiger partial charge in [-0.05, 0) is 79.8 Å². The van der Waals surface area contributed by atoms with Gasteiger partial charge in [-0.1, -0.05) is 41.0 Å². The summed E-state index contributed by atoms with van der Waals surface area (Å²) in [6, 6.07) is 0. The molecule has 0 aromatic heterocycles. The van der Waals surface area contributed by atoms with Gasteiger partial charge in [-0.3, -0.25) is 0 Å². The molecule has 0 aromatic rings. The second kappa shape index (κ2) is 8.22. The zero-order valence-corrected chi connectivity index (χ0v) is 19.3. The maximum atomic E-state index is 9.73. The van der Waals surface area contributed by atoms with Crippen LogP contribution in [0.4, 0.5) is 0 Å². The van der Waals surface area contributed by atoms with Crippen molar-refractivity contribution in [1.82, 2.24) is 0 Å². The summed E-state index contributed by atoms with van der Waals surface area (Å²) in [4.78, 5) is 0. The van der Waals surface area contributed by atoms with Gasteiger partial charge in [-0.2, -0.15) is 0 Å². The molecule has 0 radical (unpaired) electrons. The molecular weight excluding hydrogens is 340 g/mol. The molecule has 3 nitrogen and oxygen atoms in total. The number of aliphatic hydroxyl groups is 2. The molecule has 2 aliphatic rings. The van der Waals surface area contributed by atoms with E-state index in [1.807, 2.05) is 0 Å². The molecule has 26 heavy (non-hydrogen) atoms. The predicted octanol–water partition coefficient (Wildman–Crippen LogP) is 5.36. The Morgan fingerprint density at radius 1 is 1.15 bits per heavy atom. The lowest BCUT2D eigenvalue weighted by atomic mass is 9.61. The second-order valence-corrected chi connectivity index (χ2v) is 15.8. The van der Waals surface area contributed by atoms with Crippen molar-refractivity contribution >= 4 is 8.32 Å². The van der Waals surface area contributed by atoms with Crippen LogP contribution in [-0.2, 0) is 4.43 Å². The molecule has 2 unspecified atom stereocenters. The van der Waals surface area contributed by atoms with Crippen LogP contribution in [0.15, 0.2) is 0 Å². The Labute approximate surface area is 163 Å². The summed E-state index contributed by atoms with van der Waals surface area (Å²) in [7, 11) is -1.73. The van der Waals surface area contributed by atoms with Gasteiger partial charge >= 0.3 is 0 Å². The summed E-state index contributed by atoms with van der Waals surface area (Å²) in [5, 5.41) is 19.1. The van der Waals surface area contributed by atoms with Crippen LogP contribution in [0.2, 0.25) is 18.1 Å². The minimum absolute atomic E-state index is 0.111. The van der Waals surface area contributed by atoms with Crippen molar-refractivity contribution in [2.45, 2.75) is 110 Å². The fraction of sp³-hybridized carbons (Fsp3) is 1.00. The van der Waals surface area contributed by atoms with Gasteiger partial charge in [0.05, 0.1) is 12.7 Å². The van der Waals surface area contributed by atoms with Crippen LogP contribution in [0, 0.1) is 23.2 Å². The Morgan fingerprint density at radius 3 is 2.38 bits per heavy atom. The lowest BCUT2D eigenvalue weighted by Crippen LogP contribution is -2.50. The van der Waals surface area contributed by atoms with Gasteiger partial charge in [0.25, 0.3) is 0 Å². The van der Waals surface area contributed by atoms with E-state index in [1.165, 1.54) is 32.1 Å². The highest BCUT2D eigenvalue weighted by Crippen LogP contribution is 2.59. The van der Waals surface area contributed by atoms with Gasteiger partial charge in [0.2, 0.25) is 0 Å². The van der Waals surface area contributed by atoms with Crippen molar-refractivity contribution < 1.29 is 14.6 Å². The molecule has 2 rings (SSSR count). The third kappa shape index (κ3) is 4.56. The lowest BCUT2D eigenvalue weighted by Gasteiger charge is -2.50. The number of hydrogen-bond donors (Lipinski definition) is 2. The van der Waals surface area contributed by atoms with E-state index in [4.69, 9.17) is 9.53 Å². The van der Waals surface area contributed by atoms with E-state index in [9.17, 15) is 5.11 Å². The second-order valence-electron chi connectivity index (χ2n) is 11.0. The van der Waals surface area contributed by atoms with Gasteiger partial charge < -0.3 is 14.6 Å². The van der Waals surface area contributed by atoms with Crippen molar-refractivity contribution in [3.05, 3.63) is 0 Å². The van der Waals surface area contributed by atoms with Gasteiger partial charge in [-0.15, -0.1) is 0 Å². The quantitative estimate of drug-likeness (QED) is 0.581. The zero-order chi connectivity index (χ0) is 19.8. The fourth-order valence-electron chi connectivity index (χ4n) is 5.54. The molecule has 0 amide bonds.